The molecule has 0 saturated carbocycles. The normalized spacial score (nSPS) is 24.5. The zero-order chi connectivity index (χ0) is 24.2. The molecular weight excluding hydrogens is 432 g/mol. The van der Waals surface area contributed by atoms with Gasteiger partial charge in [0.1, 0.15) is 0 Å². The summed E-state index contributed by atoms with van der Waals surface area (Å²) in [6.45, 7) is 4.49. The van der Waals surface area contributed by atoms with Crippen LogP contribution in [0.25, 0.3) is 22.9 Å². The average molecular weight is 467 g/mol. The maximum atomic E-state index is 2.57. The van der Waals surface area contributed by atoms with E-state index in [-0.39, 0.29) is 0 Å². The fourth-order valence-corrected chi connectivity index (χ4v) is 6.99. The van der Waals surface area contributed by atoms with E-state index in [1.54, 1.807) is 22.3 Å². The van der Waals surface area contributed by atoms with Crippen molar-refractivity contribution in [3.8, 4) is 0 Å². The van der Waals surface area contributed by atoms with E-state index < -0.39 is 0 Å². The quantitative estimate of drug-likeness (QED) is 0.413. The molecule has 0 N–H and O–H groups in total. The summed E-state index contributed by atoms with van der Waals surface area (Å²) in [5, 5.41) is 2.87. The van der Waals surface area contributed by atoms with Gasteiger partial charge in [-0.25, -0.2) is 0 Å². The Morgan fingerprint density at radius 1 is 0.833 bits per heavy atom. The van der Waals surface area contributed by atoms with Crippen molar-refractivity contribution in [1.82, 2.24) is 0 Å². The van der Waals surface area contributed by atoms with Crippen LogP contribution in [-0.2, 0) is 12.8 Å². The van der Waals surface area contributed by atoms with E-state index in [2.05, 4.69) is 98.9 Å². The van der Waals surface area contributed by atoms with Crippen molar-refractivity contribution in [2.75, 3.05) is 0 Å². The predicted molar refractivity (Wildman–Crippen MR) is 155 cm³/mol. The predicted octanol–water partition coefficient (Wildman–Crippen LogP) is 9.41. The first-order valence-corrected chi connectivity index (χ1v) is 13.8. The molecule has 0 heterocycles. The minimum Gasteiger partial charge on any atom is -0.0874 e. The molecule has 0 fully saturated rings. The van der Waals surface area contributed by atoms with Crippen LogP contribution >= 0.6 is 0 Å². The van der Waals surface area contributed by atoms with E-state index >= 15 is 0 Å². The Kier molecular flexibility index (Phi) is 5.24. The van der Waals surface area contributed by atoms with E-state index in [1.165, 1.54) is 57.0 Å². The van der Waals surface area contributed by atoms with Gasteiger partial charge in [0.15, 0.2) is 0 Å². The second-order valence-corrected chi connectivity index (χ2v) is 11.1. The van der Waals surface area contributed by atoms with Gasteiger partial charge in [-0.3, -0.25) is 0 Å². The fourth-order valence-electron chi connectivity index (χ4n) is 6.99. The molecule has 0 aromatic heterocycles. The summed E-state index contributed by atoms with van der Waals surface area (Å²) >= 11 is 0. The van der Waals surface area contributed by atoms with E-state index in [1.807, 2.05) is 0 Å². The van der Waals surface area contributed by atoms with Crippen LogP contribution in [0.2, 0.25) is 0 Å². The smallest absolute Gasteiger partial charge is 0.00903 e. The number of aryl methyl sites for hydroxylation is 2. The Morgan fingerprint density at radius 2 is 1.69 bits per heavy atom. The molecule has 5 aliphatic carbocycles. The molecule has 0 bridgehead atoms. The SMILES string of the molecule is CC=CC1=CC=C2C=C3C=C(C4=Cc5cc6ccc7c(c6cc5CC4)CCC=C7)CCC3=CC2C1C. The molecule has 0 heteroatoms. The standard InChI is InChI=1S/C36H34/c1-3-6-24-9-15-30-19-32-17-26(11-13-28(32)21-35(30)23(24)2)27-12-14-29-22-36-31(20-33(29)18-27)16-10-25-7-4-5-8-34(25)36/h3-4,6-7,9-10,15-23,35H,5,8,11-14H2,1-2H3. The Balaban J connectivity index is 1.23. The van der Waals surface area contributed by atoms with Crippen LogP contribution in [0.4, 0.5) is 0 Å². The first kappa shape index (κ1) is 21.9. The van der Waals surface area contributed by atoms with Crippen molar-refractivity contribution in [1.29, 1.82) is 0 Å². The van der Waals surface area contributed by atoms with E-state index in [0.29, 0.717) is 11.8 Å². The summed E-state index contributed by atoms with van der Waals surface area (Å²) in [6.07, 6.45) is 30.7. The molecule has 178 valence electrons. The molecule has 0 nitrogen and oxygen atoms in total. The summed E-state index contributed by atoms with van der Waals surface area (Å²) in [7, 11) is 0. The van der Waals surface area contributed by atoms with Crippen LogP contribution in [0, 0.1) is 11.8 Å². The highest BCUT2D eigenvalue weighted by Crippen LogP contribution is 2.44. The van der Waals surface area contributed by atoms with Gasteiger partial charge < -0.3 is 0 Å². The van der Waals surface area contributed by atoms with E-state index in [4.69, 9.17) is 0 Å². The van der Waals surface area contributed by atoms with Crippen molar-refractivity contribution >= 4 is 22.9 Å². The molecule has 0 saturated heterocycles. The summed E-state index contributed by atoms with van der Waals surface area (Å²) in [5.41, 5.74) is 14.9. The van der Waals surface area contributed by atoms with Gasteiger partial charge in [-0.1, -0.05) is 85.9 Å². The number of allylic oxidation sites excluding steroid dienone is 14. The maximum absolute atomic E-state index is 2.57. The van der Waals surface area contributed by atoms with Gasteiger partial charge in [0.25, 0.3) is 0 Å². The Morgan fingerprint density at radius 3 is 2.61 bits per heavy atom. The number of benzene rings is 2. The zero-order valence-electron chi connectivity index (χ0n) is 21.5. The number of hydrogen-bond donors (Lipinski definition) is 0. The lowest BCUT2D eigenvalue weighted by Crippen LogP contribution is -2.20. The number of fused-ring (bicyclic) bond motifs is 6. The second kappa shape index (κ2) is 8.63. The summed E-state index contributed by atoms with van der Waals surface area (Å²) in [4.78, 5) is 0. The molecule has 5 aliphatic rings. The zero-order valence-corrected chi connectivity index (χ0v) is 21.5. The lowest BCUT2D eigenvalue weighted by Gasteiger charge is -2.33. The van der Waals surface area contributed by atoms with Gasteiger partial charge in [-0.2, -0.15) is 0 Å². The van der Waals surface area contributed by atoms with Gasteiger partial charge >= 0.3 is 0 Å². The lowest BCUT2D eigenvalue weighted by molar-refractivity contribution is 0.554. The molecular formula is C36H34. The van der Waals surface area contributed by atoms with Crippen molar-refractivity contribution in [2.24, 2.45) is 11.8 Å². The van der Waals surface area contributed by atoms with Gasteiger partial charge in [-0.05, 0) is 124 Å². The molecule has 2 aromatic carbocycles. The fraction of sp³-hybridized carbons (Fsp3) is 0.278. The molecule has 2 unspecified atom stereocenters. The molecule has 7 rings (SSSR count). The highest BCUT2D eigenvalue weighted by molar-refractivity contribution is 5.92. The summed E-state index contributed by atoms with van der Waals surface area (Å²) in [5.74, 6) is 1.07. The van der Waals surface area contributed by atoms with Crippen LogP contribution in [0.5, 0.6) is 0 Å². The van der Waals surface area contributed by atoms with Crippen LogP contribution < -0.4 is 0 Å². The van der Waals surface area contributed by atoms with Crippen LogP contribution in [0.3, 0.4) is 0 Å². The number of rotatable bonds is 2. The topological polar surface area (TPSA) is 0 Å². The van der Waals surface area contributed by atoms with Crippen molar-refractivity contribution in [2.45, 2.75) is 52.4 Å². The van der Waals surface area contributed by atoms with Gasteiger partial charge in [-0.15, -0.1) is 0 Å². The molecule has 2 atom stereocenters. The number of hydrogen-bond acceptors (Lipinski definition) is 0. The van der Waals surface area contributed by atoms with Gasteiger partial charge in [0.05, 0.1) is 0 Å². The largest absolute Gasteiger partial charge is 0.0874 e. The Bertz CT molecular complexity index is 1540. The van der Waals surface area contributed by atoms with Crippen LogP contribution in [0.1, 0.15) is 61.8 Å². The molecule has 0 spiro atoms. The van der Waals surface area contributed by atoms with Crippen molar-refractivity contribution in [3.63, 3.8) is 0 Å². The van der Waals surface area contributed by atoms with Crippen LogP contribution in [-0.4, -0.2) is 0 Å². The maximum Gasteiger partial charge on any atom is 0.00903 e. The lowest BCUT2D eigenvalue weighted by atomic mass is 9.71. The first-order valence-electron chi connectivity index (χ1n) is 13.8. The van der Waals surface area contributed by atoms with Crippen LogP contribution in [0.15, 0.2) is 106 Å². The molecule has 36 heavy (non-hydrogen) atoms. The third kappa shape index (κ3) is 3.58. The van der Waals surface area contributed by atoms with Crippen molar-refractivity contribution < 1.29 is 0 Å². The summed E-state index contributed by atoms with van der Waals surface area (Å²) < 4.78 is 0. The van der Waals surface area contributed by atoms with E-state index in [0.717, 1.165) is 25.7 Å². The summed E-state index contributed by atoms with van der Waals surface area (Å²) in [6, 6.07) is 9.58. The average Bonchev–Trinajstić information content (AvgIpc) is 2.92. The van der Waals surface area contributed by atoms with Crippen molar-refractivity contribution in [3.05, 3.63) is 129 Å². The molecule has 0 radical (unpaired) electrons. The second-order valence-electron chi connectivity index (χ2n) is 11.1. The minimum absolute atomic E-state index is 0.519. The molecule has 0 aliphatic heterocycles. The Labute approximate surface area is 215 Å². The van der Waals surface area contributed by atoms with Gasteiger partial charge in [0, 0.05) is 5.92 Å². The monoisotopic (exact) mass is 466 g/mol. The molecule has 0 amide bonds. The highest BCUT2D eigenvalue weighted by Gasteiger charge is 2.29. The molecule has 2 aromatic rings. The van der Waals surface area contributed by atoms with E-state index in [9.17, 15) is 0 Å². The highest BCUT2D eigenvalue weighted by atomic mass is 14.3. The van der Waals surface area contributed by atoms with Gasteiger partial charge in [0.2, 0.25) is 0 Å². The first-order chi connectivity index (χ1) is 17.7. The third-order valence-corrected chi connectivity index (χ3v) is 9.04. The third-order valence-electron chi connectivity index (χ3n) is 9.04. The Hall–Kier alpha value is -3.38. The minimum atomic E-state index is 0.519.